The van der Waals surface area contributed by atoms with Crippen LogP contribution in [0.5, 0.6) is 0 Å². The number of amides is 2. The van der Waals surface area contributed by atoms with Gasteiger partial charge in [-0.2, -0.15) is 0 Å². The maximum Gasteiger partial charge on any atom is 0.314 e. The number of primary amides is 1. The van der Waals surface area contributed by atoms with Gasteiger partial charge in [0.2, 0.25) is 0 Å². The molecular formula is C31H48N2O. The fourth-order valence-electron chi connectivity index (χ4n) is 4.65. The van der Waals surface area contributed by atoms with E-state index in [-0.39, 0.29) is 6.03 Å². The standard InChI is InChI=1S/C31H48N2O/c32-31(34)33(27-19-9-5-1-3-7-13-21-29-23-15-11-16-24-29)28-20-10-6-2-4-8-14-22-30-25-17-12-18-26-30/h11-12,15-18,23-26H,1-10,13-14,19-22,27-28H2,(H2,32,34). The van der Waals surface area contributed by atoms with Gasteiger partial charge in [-0.25, -0.2) is 4.79 Å². The van der Waals surface area contributed by atoms with Crippen LogP contribution in [-0.2, 0) is 12.8 Å². The molecule has 0 aromatic heterocycles. The van der Waals surface area contributed by atoms with Crippen molar-refractivity contribution in [2.45, 2.75) is 103 Å². The monoisotopic (exact) mass is 464 g/mol. The lowest BCUT2D eigenvalue weighted by Crippen LogP contribution is -2.37. The van der Waals surface area contributed by atoms with Crippen molar-refractivity contribution in [2.75, 3.05) is 13.1 Å². The molecule has 0 radical (unpaired) electrons. The number of rotatable bonds is 20. The highest BCUT2D eigenvalue weighted by atomic mass is 16.2. The lowest BCUT2D eigenvalue weighted by Gasteiger charge is -2.20. The first-order valence-corrected chi connectivity index (χ1v) is 13.9. The van der Waals surface area contributed by atoms with Crippen molar-refractivity contribution in [1.82, 2.24) is 4.90 Å². The van der Waals surface area contributed by atoms with Crippen LogP contribution in [0.2, 0.25) is 0 Å². The summed E-state index contributed by atoms with van der Waals surface area (Å²) in [5, 5.41) is 0. The zero-order valence-corrected chi connectivity index (χ0v) is 21.4. The highest BCUT2D eigenvalue weighted by molar-refractivity contribution is 5.71. The summed E-state index contributed by atoms with van der Waals surface area (Å²) in [7, 11) is 0. The van der Waals surface area contributed by atoms with Crippen molar-refractivity contribution >= 4 is 6.03 Å². The second kappa shape index (κ2) is 19.1. The molecule has 0 aliphatic carbocycles. The first-order chi connectivity index (χ1) is 16.8. The first kappa shape index (κ1) is 28.0. The molecule has 0 saturated heterocycles. The van der Waals surface area contributed by atoms with Crippen LogP contribution in [0.3, 0.4) is 0 Å². The van der Waals surface area contributed by atoms with E-state index in [0.29, 0.717) is 0 Å². The maximum absolute atomic E-state index is 11.8. The Balaban J connectivity index is 1.37. The summed E-state index contributed by atoms with van der Waals surface area (Å²) in [6.07, 6.45) is 19.9. The number of carbonyl (C=O) groups is 1. The van der Waals surface area contributed by atoms with E-state index in [1.54, 1.807) is 0 Å². The third-order valence-electron chi connectivity index (χ3n) is 6.78. The van der Waals surface area contributed by atoms with Crippen LogP contribution in [0, 0.1) is 0 Å². The van der Waals surface area contributed by atoms with Gasteiger partial charge in [0.1, 0.15) is 0 Å². The minimum atomic E-state index is -0.248. The molecule has 0 saturated carbocycles. The summed E-state index contributed by atoms with van der Waals surface area (Å²) in [5.74, 6) is 0. The number of hydrogen-bond acceptors (Lipinski definition) is 1. The zero-order chi connectivity index (χ0) is 24.1. The van der Waals surface area contributed by atoms with E-state index in [2.05, 4.69) is 60.7 Å². The largest absolute Gasteiger partial charge is 0.351 e. The van der Waals surface area contributed by atoms with Crippen LogP contribution in [0.25, 0.3) is 0 Å². The molecule has 2 amide bonds. The molecule has 0 atom stereocenters. The number of unbranched alkanes of at least 4 members (excludes halogenated alkanes) is 12. The van der Waals surface area contributed by atoms with Gasteiger partial charge in [0, 0.05) is 13.1 Å². The van der Waals surface area contributed by atoms with Gasteiger partial charge in [0.05, 0.1) is 0 Å². The summed E-state index contributed by atoms with van der Waals surface area (Å²) in [5.41, 5.74) is 8.51. The Kier molecular flexibility index (Phi) is 15.7. The zero-order valence-electron chi connectivity index (χ0n) is 21.4. The predicted octanol–water partition coefficient (Wildman–Crippen LogP) is 8.31. The molecule has 0 aliphatic heterocycles. The second-order valence-electron chi connectivity index (χ2n) is 9.75. The molecule has 188 valence electrons. The molecule has 3 nitrogen and oxygen atoms in total. The SMILES string of the molecule is NC(=O)N(CCCCCCCCCc1ccccc1)CCCCCCCCCc1ccccc1. The molecule has 0 fully saturated rings. The van der Waals surface area contributed by atoms with Crippen LogP contribution >= 0.6 is 0 Å². The highest BCUT2D eigenvalue weighted by Gasteiger charge is 2.08. The smallest absolute Gasteiger partial charge is 0.314 e. The van der Waals surface area contributed by atoms with Gasteiger partial charge in [-0.15, -0.1) is 0 Å². The Hall–Kier alpha value is -2.29. The van der Waals surface area contributed by atoms with Gasteiger partial charge in [0.15, 0.2) is 0 Å². The van der Waals surface area contributed by atoms with Crippen LogP contribution in [0.4, 0.5) is 4.79 Å². The molecule has 0 bridgehead atoms. The number of hydrogen-bond donors (Lipinski definition) is 1. The van der Waals surface area contributed by atoms with Gasteiger partial charge in [-0.1, -0.05) is 125 Å². The predicted molar refractivity (Wildman–Crippen MR) is 146 cm³/mol. The molecule has 2 N–H and O–H groups in total. The molecule has 0 unspecified atom stereocenters. The highest BCUT2D eigenvalue weighted by Crippen LogP contribution is 2.13. The first-order valence-electron chi connectivity index (χ1n) is 13.9. The number of urea groups is 1. The summed E-state index contributed by atoms with van der Waals surface area (Å²) < 4.78 is 0. The topological polar surface area (TPSA) is 46.3 Å². The van der Waals surface area contributed by atoms with Crippen LogP contribution in [0.15, 0.2) is 60.7 Å². The van der Waals surface area contributed by atoms with E-state index in [0.717, 1.165) is 25.9 Å². The number of aryl methyl sites for hydroxylation is 2. The molecule has 0 heterocycles. The average Bonchev–Trinajstić information content (AvgIpc) is 2.86. The van der Waals surface area contributed by atoms with Gasteiger partial charge in [0.25, 0.3) is 0 Å². The third-order valence-corrected chi connectivity index (χ3v) is 6.78. The van der Waals surface area contributed by atoms with Gasteiger partial charge in [-0.3, -0.25) is 0 Å². The van der Waals surface area contributed by atoms with Gasteiger partial charge >= 0.3 is 6.03 Å². The van der Waals surface area contributed by atoms with Gasteiger partial charge < -0.3 is 10.6 Å². The van der Waals surface area contributed by atoms with Crippen molar-refractivity contribution in [1.29, 1.82) is 0 Å². The Morgan fingerprint density at radius 3 is 1.18 bits per heavy atom. The Morgan fingerprint density at radius 2 is 0.824 bits per heavy atom. The van der Waals surface area contributed by atoms with Gasteiger partial charge in [-0.05, 0) is 49.7 Å². The fraction of sp³-hybridized carbons (Fsp3) is 0.581. The molecule has 2 rings (SSSR count). The number of benzene rings is 2. The van der Waals surface area contributed by atoms with E-state index < -0.39 is 0 Å². The maximum atomic E-state index is 11.8. The molecule has 0 spiro atoms. The Bertz CT molecular complexity index is 674. The summed E-state index contributed by atoms with van der Waals surface area (Å²) >= 11 is 0. The number of nitrogens with two attached hydrogens (primary N) is 1. The lowest BCUT2D eigenvalue weighted by molar-refractivity contribution is 0.204. The van der Waals surface area contributed by atoms with Crippen molar-refractivity contribution in [2.24, 2.45) is 5.73 Å². The summed E-state index contributed by atoms with van der Waals surface area (Å²) in [6.45, 7) is 1.64. The molecule has 0 aliphatic rings. The number of carbonyl (C=O) groups excluding carboxylic acids is 1. The molecule has 2 aromatic carbocycles. The molecule has 2 aromatic rings. The fourth-order valence-corrected chi connectivity index (χ4v) is 4.65. The number of nitrogens with zero attached hydrogens (tertiary/aromatic N) is 1. The Morgan fingerprint density at radius 1 is 0.500 bits per heavy atom. The van der Waals surface area contributed by atoms with Crippen molar-refractivity contribution < 1.29 is 4.79 Å². The van der Waals surface area contributed by atoms with E-state index in [1.165, 1.54) is 101 Å². The minimum Gasteiger partial charge on any atom is -0.351 e. The third kappa shape index (κ3) is 14.1. The van der Waals surface area contributed by atoms with Crippen LogP contribution in [0.1, 0.15) is 101 Å². The quantitative estimate of drug-likeness (QED) is 0.197. The van der Waals surface area contributed by atoms with E-state index >= 15 is 0 Å². The summed E-state index contributed by atoms with van der Waals surface area (Å²) in [6, 6.07) is 21.3. The van der Waals surface area contributed by atoms with Crippen LogP contribution < -0.4 is 5.73 Å². The lowest BCUT2D eigenvalue weighted by atomic mass is 10.0. The Labute approximate surface area is 209 Å². The van der Waals surface area contributed by atoms with Crippen molar-refractivity contribution in [3.8, 4) is 0 Å². The summed E-state index contributed by atoms with van der Waals surface area (Å²) in [4.78, 5) is 13.6. The molecule has 34 heavy (non-hydrogen) atoms. The van der Waals surface area contributed by atoms with E-state index in [9.17, 15) is 4.79 Å². The minimum absolute atomic E-state index is 0.248. The van der Waals surface area contributed by atoms with E-state index in [4.69, 9.17) is 5.73 Å². The van der Waals surface area contributed by atoms with Crippen molar-refractivity contribution in [3.05, 3.63) is 71.8 Å². The van der Waals surface area contributed by atoms with E-state index in [1.807, 2.05) is 4.90 Å². The molecule has 3 heteroatoms. The van der Waals surface area contributed by atoms with Crippen molar-refractivity contribution in [3.63, 3.8) is 0 Å². The normalized spacial score (nSPS) is 10.9. The van der Waals surface area contributed by atoms with Crippen LogP contribution in [-0.4, -0.2) is 24.0 Å². The second-order valence-corrected chi connectivity index (χ2v) is 9.75. The average molecular weight is 465 g/mol. The molecular weight excluding hydrogens is 416 g/mol.